The maximum atomic E-state index is 12.0. The number of phosphoric acid groups is 1. The Balaban J connectivity index is 1.20. The minimum Gasteiger partial charge on any atom is -0.393 e. The predicted octanol–water partition coefficient (Wildman–Crippen LogP) is 9.06. The monoisotopic (exact) mass is 638 g/mol. The number of rotatable bonds is 20. The van der Waals surface area contributed by atoms with Crippen molar-refractivity contribution in [2.24, 2.45) is 11.3 Å². The van der Waals surface area contributed by atoms with Crippen molar-refractivity contribution < 1.29 is 28.1 Å². The van der Waals surface area contributed by atoms with Gasteiger partial charge in [0, 0.05) is 11.3 Å². The molecule has 0 saturated heterocycles. The van der Waals surface area contributed by atoms with Gasteiger partial charge < -0.3 is 14.5 Å². The van der Waals surface area contributed by atoms with Gasteiger partial charge in [0.1, 0.15) is 13.2 Å². The molecule has 1 unspecified atom stereocenters. The lowest BCUT2D eigenvalue weighted by atomic mass is 9.66. The average molecular weight is 639 g/mol. The van der Waals surface area contributed by atoms with E-state index in [2.05, 4.69) is 60.7 Å². The van der Waals surface area contributed by atoms with Crippen LogP contribution in [-0.4, -0.2) is 61.5 Å². The van der Waals surface area contributed by atoms with Crippen LogP contribution in [-0.2, 0) is 13.6 Å². The van der Waals surface area contributed by atoms with Gasteiger partial charge in [0.15, 0.2) is 0 Å². The second kappa shape index (κ2) is 16.7. The Morgan fingerprint density at radius 3 is 2.04 bits per heavy atom. The van der Waals surface area contributed by atoms with Crippen molar-refractivity contribution in [3.8, 4) is 0 Å². The van der Waals surface area contributed by atoms with E-state index in [9.17, 15) is 14.6 Å². The minimum atomic E-state index is -3.95. The van der Waals surface area contributed by atoms with Crippen molar-refractivity contribution in [2.75, 3.05) is 40.9 Å². The number of hydrogen-bond acceptors (Lipinski definition) is 4. The molecule has 2 aliphatic carbocycles. The highest BCUT2D eigenvalue weighted by molar-refractivity contribution is 7.47. The second-order valence-electron chi connectivity index (χ2n) is 14.2. The summed E-state index contributed by atoms with van der Waals surface area (Å²) in [6.45, 7) is 5.81. The predicted molar refractivity (Wildman–Crippen MR) is 185 cm³/mol. The molecule has 248 valence electrons. The van der Waals surface area contributed by atoms with E-state index >= 15 is 0 Å². The summed E-state index contributed by atoms with van der Waals surface area (Å²) in [5.74, 6) is 0.199. The number of phosphoric ester groups is 1. The SMILES string of the molecule is C=C(c1ccccc1)[C@@]12CC[C@@H](O)[C@@H]1CC(CCCCCCCCCCCOP(=O)(O)OCC[N+](C)(C)C)=C2c1ccccc1. The first-order chi connectivity index (χ1) is 21.5. The smallest absolute Gasteiger partial charge is 0.393 e. The van der Waals surface area contributed by atoms with Gasteiger partial charge in [-0.1, -0.05) is 118 Å². The van der Waals surface area contributed by atoms with Gasteiger partial charge >= 0.3 is 7.82 Å². The molecule has 7 heteroatoms. The zero-order valence-corrected chi connectivity index (χ0v) is 28.9. The molecular weight excluding hydrogens is 581 g/mol. The van der Waals surface area contributed by atoms with Crippen LogP contribution < -0.4 is 0 Å². The third-order valence-corrected chi connectivity index (χ3v) is 10.8. The molecule has 2 aromatic carbocycles. The maximum absolute atomic E-state index is 12.0. The Hall–Kier alpha value is -2.05. The Morgan fingerprint density at radius 2 is 1.42 bits per heavy atom. The van der Waals surface area contributed by atoms with Crippen LogP contribution in [0.15, 0.2) is 72.8 Å². The quantitative estimate of drug-likeness (QED) is 0.0860. The van der Waals surface area contributed by atoms with E-state index in [1.54, 1.807) is 0 Å². The molecule has 2 aromatic rings. The van der Waals surface area contributed by atoms with Crippen LogP contribution in [0, 0.1) is 11.3 Å². The summed E-state index contributed by atoms with van der Waals surface area (Å²) in [5, 5.41) is 11.2. The highest BCUT2D eigenvalue weighted by atomic mass is 31.2. The van der Waals surface area contributed by atoms with Gasteiger partial charge in [-0.15, -0.1) is 0 Å². The van der Waals surface area contributed by atoms with Gasteiger partial charge in [-0.2, -0.15) is 0 Å². The normalized spacial score (nSPS) is 22.9. The van der Waals surface area contributed by atoms with Crippen LogP contribution in [0.5, 0.6) is 0 Å². The number of likely N-dealkylation sites (N-methyl/N-ethyl adjacent to an activating group) is 1. The van der Waals surface area contributed by atoms with E-state index in [1.807, 2.05) is 21.1 Å². The molecule has 0 radical (unpaired) electrons. The molecule has 0 aromatic heterocycles. The zero-order valence-electron chi connectivity index (χ0n) is 28.0. The molecule has 0 amide bonds. The molecular formula is C38H57NO5P+. The molecule has 1 fully saturated rings. The van der Waals surface area contributed by atoms with Gasteiger partial charge in [-0.05, 0) is 60.8 Å². The number of quaternary nitrogens is 1. The van der Waals surface area contributed by atoms with Crippen LogP contribution in [0.4, 0.5) is 0 Å². The number of allylic oxidation sites excluding steroid dienone is 3. The molecule has 0 spiro atoms. The summed E-state index contributed by atoms with van der Waals surface area (Å²) in [6, 6.07) is 21.4. The number of hydrogen-bond donors (Lipinski definition) is 2. The summed E-state index contributed by atoms with van der Waals surface area (Å²) in [7, 11) is 2.09. The Bertz CT molecular complexity index is 1290. The highest BCUT2D eigenvalue weighted by Crippen LogP contribution is 2.66. The number of aliphatic hydroxyl groups is 1. The third kappa shape index (κ3) is 9.97. The molecule has 1 saturated carbocycles. The van der Waals surface area contributed by atoms with Crippen molar-refractivity contribution in [3.63, 3.8) is 0 Å². The van der Waals surface area contributed by atoms with Crippen molar-refractivity contribution in [1.29, 1.82) is 0 Å². The van der Waals surface area contributed by atoms with Gasteiger partial charge in [0.25, 0.3) is 0 Å². The van der Waals surface area contributed by atoms with E-state index in [0.29, 0.717) is 11.0 Å². The molecule has 4 atom stereocenters. The van der Waals surface area contributed by atoms with E-state index < -0.39 is 7.82 Å². The topological polar surface area (TPSA) is 76.0 Å². The number of fused-ring (bicyclic) bond motifs is 1. The van der Waals surface area contributed by atoms with Crippen molar-refractivity contribution in [2.45, 2.75) is 89.6 Å². The summed E-state index contributed by atoms with van der Waals surface area (Å²) in [4.78, 5) is 9.82. The van der Waals surface area contributed by atoms with Gasteiger partial charge in [0.05, 0.1) is 33.9 Å². The fourth-order valence-corrected chi connectivity index (χ4v) is 8.18. The minimum absolute atomic E-state index is 0.199. The van der Waals surface area contributed by atoms with E-state index in [4.69, 9.17) is 15.6 Å². The van der Waals surface area contributed by atoms with Crippen molar-refractivity contribution in [1.82, 2.24) is 0 Å². The second-order valence-corrected chi connectivity index (χ2v) is 15.6. The molecule has 0 heterocycles. The summed E-state index contributed by atoms with van der Waals surface area (Å²) >= 11 is 0. The largest absolute Gasteiger partial charge is 0.472 e. The Kier molecular flexibility index (Phi) is 13.3. The van der Waals surface area contributed by atoms with Crippen LogP contribution in [0.1, 0.15) is 94.6 Å². The number of unbranched alkanes of at least 4 members (excludes halogenated alkanes) is 8. The van der Waals surface area contributed by atoms with Crippen molar-refractivity contribution in [3.05, 3.63) is 83.9 Å². The average Bonchev–Trinajstić information content (AvgIpc) is 3.51. The van der Waals surface area contributed by atoms with Crippen LogP contribution >= 0.6 is 7.82 Å². The third-order valence-electron chi connectivity index (χ3n) is 9.81. The first kappa shape index (κ1) is 35.8. The Labute approximate surface area is 272 Å². The van der Waals surface area contributed by atoms with Crippen molar-refractivity contribution >= 4 is 19.0 Å². The lowest BCUT2D eigenvalue weighted by Crippen LogP contribution is -2.37. The van der Waals surface area contributed by atoms with Crippen LogP contribution in [0.3, 0.4) is 0 Å². The first-order valence-electron chi connectivity index (χ1n) is 17.2. The lowest BCUT2D eigenvalue weighted by molar-refractivity contribution is -0.870. The molecule has 0 bridgehead atoms. The van der Waals surface area contributed by atoms with Crippen LogP contribution in [0.2, 0.25) is 0 Å². The molecule has 4 rings (SSSR count). The highest BCUT2D eigenvalue weighted by Gasteiger charge is 2.56. The fourth-order valence-electron chi connectivity index (χ4n) is 7.44. The Morgan fingerprint density at radius 1 is 0.867 bits per heavy atom. The summed E-state index contributed by atoms with van der Waals surface area (Å²) in [5.41, 5.74) is 6.41. The van der Waals surface area contributed by atoms with E-state index in [0.717, 1.165) is 44.9 Å². The molecule has 0 aliphatic heterocycles. The molecule has 2 aliphatic rings. The molecule has 45 heavy (non-hydrogen) atoms. The summed E-state index contributed by atoms with van der Waals surface area (Å²) in [6.07, 6.45) is 13.7. The first-order valence-corrected chi connectivity index (χ1v) is 18.7. The number of nitrogens with zero attached hydrogens (tertiary/aromatic N) is 1. The fraction of sp³-hybridized carbons (Fsp3) is 0.579. The van der Waals surface area contributed by atoms with E-state index in [-0.39, 0.29) is 30.7 Å². The number of benzene rings is 2. The zero-order chi connectivity index (χ0) is 32.3. The summed E-state index contributed by atoms with van der Waals surface area (Å²) < 4.78 is 22.9. The lowest BCUT2D eigenvalue weighted by Gasteiger charge is -2.37. The van der Waals surface area contributed by atoms with E-state index in [1.165, 1.54) is 66.4 Å². The molecule has 6 nitrogen and oxygen atoms in total. The number of aliphatic hydroxyl groups excluding tert-OH is 1. The standard InChI is InChI=1S/C38H56NO5P/c1-31(32-20-15-12-16-21-32)38-26-25-36(40)35(38)30-34(37(38)33-22-17-13-18-23-33)24-14-10-8-6-5-7-9-11-19-28-43-45(41,42)44-29-27-39(2,3)4/h12-13,15-18,20-23,35-36,40H,1,5-11,14,19,24-30H2,2-4H3/p+1/t35-,36+,38-/m0/s1. The molecule has 2 N–H and O–H groups in total. The van der Waals surface area contributed by atoms with Crippen LogP contribution in [0.25, 0.3) is 11.1 Å². The van der Waals surface area contributed by atoms with Gasteiger partial charge in [-0.3, -0.25) is 9.05 Å². The van der Waals surface area contributed by atoms with Gasteiger partial charge in [0.2, 0.25) is 0 Å². The van der Waals surface area contributed by atoms with Gasteiger partial charge in [-0.25, -0.2) is 4.57 Å². The maximum Gasteiger partial charge on any atom is 0.472 e.